The number of rotatable bonds is 8. The average molecular weight is 552 g/mol. The average Bonchev–Trinajstić information content (AvgIpc) is 3.30. The third kappa shape index (κ3) is 6.41. The summed E-state index contributed by atoms with van der Waals surface area (Å²) >= 11 is 0. The van der Waals surface area contributed by atoms with Crippen molar-refractivity contribution in [1.82, 2.24) is 10.0 Å². The second-order valence-corrected chi connectivity index (χ2v) is 12.6. The van der Waals surface area contributed by atoms with Gasteiger partial charge in [-0.3, -0.25) is 0 Å². The molecule has 3 unspecified atom stereocenters. The maximum Gasteiger partial charge on any atom is 0.416 e. The summed E-state index contributed by atoms with van der Waals surface area (Å²) in [4.78, 5) is -0.456. The van der Waals surface area contributed by atoms with Gasteiger partial charge in [-0.05, 0) is 75.6 Å². The Hall–Kier alpha value is -2.83. The van der Waals surface area contributed by atoms with Gasteiger partial charge in [0.15, 0.2) is 0 Å². The van der Waals surface area contributed by atoms with Crippen molar-refractivity contribution in [2.75, 3.05) is 6.61 Å². The first-order chi connectivity index (χ1) is 17.7. The maximum atomic E-state index is 13.1. The number of benzene rings is 2. The van der Waals surface area contributed by atoms with Crippen LogP contribution in [0.5, 0.6) is 5.75 Å². The molecule has 2 aliphatic heterocycles. The SMILES string of the molecule is CC(CC1(C2CCOc3cc(CNC(C)(C)C)ccc32)C=NN=N1)NS(=O)(=O)c1cccc(C(F)(F)F)c1. The fourth-order valence-electron chi connectivity index (χ4n) is 4.79. The molecular weight excluding hydrogens is 519 g/mol. The highest BCUT2D eigenvalue weighted by Gasteiger charge is 2.45. The number of nitrogens with zero attached hydrogens (tertiary/aromatic N) is 3. The highest BCUT2D eigenvalue weighted by Crippen LogP contribution is 2.45. The largest absolute Gasteiger partial charge is 0.493 e. The van der Waals surface area contributed by atoms with Gasteiger partial charge in [-0.1, -0.05) is 18.2 Å². The molecule has 0 fully saturated rings. The lowest BCUT2D eigenvalue weighted by molar-refractivity contribution is -0.137. The monoisotopic (exact) mass is 551 g/mol. The molecule has 2 aliphatic rings. The summed E-state index contributed by atoms with van der Waals surface area (Å²) in [5, 5.41) is 15.7. The van der Waals surface area contributed by atoms with Crippen LogP contribution in [0.3, 0.4) is 0 Å². The standard InChI is InChI=1S/C26H32F3N5O3S/c1-17(32-38(35,36)20-7-5-6-19(13-20)26(27,28)29)14-25(16-31-34-33-25)22-10-11-37-23-12-18(8-9-21(22)23)15-30-24(2,3)4/h5-9,12-13,16-17,22,30,32H,10-11,14-15H2,1-4H3. The smallest absolute Gasteiger partial charge is 0.416 e. The zero-order chi connectivity index (χ0) is 27.8. The highest BCUT2D eigenvalue weighted by atomic mass is 32.2. The molecule has 0 radical (unpaired) electrons. The first kappa shape index (κ1) is 28.2. The summed E-state index contributed by atoms with van der Waals surface area (Å²) in [6.45, 7) is 9.04. The van der Waals surface area contributed by atoms with Gasteiger partial charge in [-0.25, -0.2) is 13.1 Å². The summed E-state index contributed by atoms with van der Waals surface area (Å²) in [5.74, 6) is 0.563. The third-order valence-corrected chi connectivity index (χ3v) is 8.16. The number of ether oxygens (including phenoxy) is 1. The van der Waals surface area contributed by atoms with Gasteiger partial charge in [0.05, 0.1) is 23.3 Å². The van der Waals surface area contributed by atoms with E-state index in [-0.39, 0.29) is 17.9 Å². The molecule has 2 aromatic rings. The molecule has 2 heterocycles. The molecule has 2 aromatic carbocycles. The second kappa shape index (κ2) is 10.4. The van der Waals surface area contributed by atoms with Crippen LogP contribution < -0.4 is 14.8 Å². The molecule has 3 atom stereocenters. The molecule has 0 saturated carbocycles. The van der Waals surface area contributed by atoms with Gasteiger partial charge >= 0.3 is 6.18 Å². The van der Waals surface area contributed by atoms with E-state index in [1.807, 2.05) is 18.2 Å². The zero-order valence-electron chi connectivity index (χ0n) is 21.7. The molecule has 0 aliphatic carbocycles. The van der Waals surface area contributed by atoms with Crippen LogP contribution >= 0.6 is 0 Å². The van der Waals surface area contributed by atoms with E-state index in [0.717, 1.165) is 35.1 Å². The van der Waals surface area contributed by atoms with Crippen LogP contribution in [0.2, 0.25) is 0 Å². The minimum Gasteiger partial charge on any atom is -0.493 e. The summed E-state index contributed by atoms with van der Waals surface area (Å²) in [7, 11) is -4.22. The van der Waals surface area contributed by atoms with Crippen LogP contribution in [0.25, 0.3) is 0 Å². The van der Waals surface area contributed by atoms with Crippen molar-refractivity contribution in [3.63, 3.8) is 0 Å². The Balaban J connectivity index is 1.55. The molecule has 0 aromatic heterocycles. The predicted octanol–water partition coefficient (Wildman–Crippen LogP) is 5.41. The van der Waals surface area contributed by atoms with Crippen molar-refractivity contribution in [1.29, 1.82) is 0 Å². The fraction of sp³-hybridized carbons (Fsp3) is 0.500. The Morgan fingerprint density at radius 1 is 1.16 bits per heavy atom. The quantitative estimate of drug-likeness (QED) is 0.458. The number of hydrogen-bond donors (Lipinski definition) is 2. The van der Waals surface area contributed by atoms with Gasteiger partial charge in [-0.2, -0.15) is 18.3 Å². The topological polar surface area (TPSA) is 105 Å². The maximum absolute atomic E-state index is 13.1. The molecule has 0 saturated heterocycles. The predicted molar refractivity (Wildman–Crippen MR) is 138 cm³/mol. The molecule has 0 bridgehead atoms. The first-order valence-corrected chi connectivity index (χ1v) is 13.8. The van der Waals surface area contributed by atoms with E-state index in [1.165, 1.54) is 0 Å². The zero-order valence-corrected chi connectivity index (χ0v) is 22.5. The van der Waals surface area contributed by atoms with Crippen molar-refractivity contribution in [3.8, 4) is 5.75 Å². The van der Waals surface area contributed by atoms with Crippen molar-refractivity contribution < 1.29 is 26.3 Å². The van der Waals surface area contributed by atoms with Gasteiger partial charge in [0, 0.05) is 29.6 Å². The van der Waals surface area contributed by atoms with Gasteiger partial charge < -0.3 is 10.1 Å². The second-order valence-electron chi connectivity index (χ2n) is 10.8. The minimum absolute atomic E-state index is 0.0401. The van der Waals surface area contributed by atoms with E-state index in [0.29, 0.717) is 25.6 Å². The fourth-order valence-corrected chi connectivity index (χ4v) is 6.08. The Labute approximate surface area is 220 Å². The van der Waals surface area contributed by atoms with Crippen LogP contribution in [0.15, 0.2) is 62.8 Å². The lowest BCUT2D eigenvalue weighted by atomic mass is 9.74. The number of sulfonamides is 1. The molecular formula is C26H32F3N5O3S. The van der Waals surface area contributed by atoms with Crippen molar-refractivity contribution in [2.24, 2.45) is 15.4 Å². The molecule has 2 N–H and O–H groups in total. The van der Waals surface area contributed by atoms with Crippen LogP contribution in [-0.2, 0) is 22.7 Å². The highest BCUT2D eigenvalue weighted by molar-refractivity contribution is 7.89. The van der Waals surface area contributed by atoms with E-state index < -0.39 is 38.2 Å². The summed E-state index contributed by atoms with van der Waals surface area (Å²) < 4.78 is 73.7. The van der Waals surface area contributed by atoms with Gasteiger partial charge in [-0.15, -0.1) is 5.10 Å². The Kier molecular flexibility index (Phi) is 7.70. The van der Waals surface area contributed by atoms with Crippen molar-refractivity contribution in [2.45, 2.75) is 81.2 Å². The number of hydrogen-bond acceptors (Lipinski definition) is 7. The Morgan fingerprint density at radius 2 is 1.92 bits per heavy atom. The molecule has 206 valence electrons. The van der Waals surface area contributed by atoms with Crippen molar-refractivity contribution in [3.05, 3.63) is 59.2 Å². The lowest BCUT2D eigenvalue weighted by Gasteiger charge is -2.37. The van der Waals surface area contributed by atoms with Crippen LogP contribution in [0.1, 0.15) is 63.1 Å². The molecule has 38 heavy (non-hydrogen) atoms. The van der Waals surface area contributed by atoms with Crippen LogP contribution in [0, 0.1) is 0 Å². The third-order valence-electron chi connectivity index (χ3n) is 6.57. The van der Waals surface area contributed by atoms with Gasteiger partial charge in [0.2, 0.25) is 10.0 Å². The van der Waals surface area contributed by atoms with E-state index in [4.69, 9.17) is 4.74 Å². The molecule has 12 heteroatoms. The molecule has 8 nitrogen and oxygen atoms in total. The molecule has 4 rings (SSSR count). The van der Waals surface area contributed by atoms with Crippen molar-refractivity contribution >= 4 is 16.2 Å². The molecule has 0 spiro atoms. The van der Waals surface area contributed by atoms with Gasteiger partial charge in [0.1, 0.15) is 11.3 Å². The number of alkyl halides is 3. The lowest BCUT2D eigenvalue weighted by Crippen LogP contribution is -2.44. The molecule has 0 amide bonds. The number of fused-ring (bicyclic) bond motifs is 1. The minimum atomic E-state index is -4.65. The Morgan fingerprint density at radius 3 is 2.58 bits per heavy atom. The summed E-state index contributed by atoms with van der Waals surface area (Å²) in [6, 6.07) is 9.01. The Bertz CT molecular complexity index is 1320. The number of nitrogens with one attached hydrogen (secondary N) is 2. The first-order valence-electron chi connectivity index (χ1n) is 12.4. The van der Waals surface area contributed by atoms with E-state index in [2.05, 4.69) is 46.2 Å². The van der Waals surface area contributed by atoms with Crippen LogP contribution in [-0.4, -0.2) is 38.4 Å². The van der Waals surface area contributed by atoms with Gasteiger partial charge in [0.25, 0.3) is 0 Å². The normalized spacial score (nSPS) is 22.2. The summed E-state index contributed by atoms with van der Waals surface area (Å²) in [5.41, 5.74) is -0.00784. The van der Waals surface area contributed by atoms with E-state index in [9.17, 15) is 21.6 Å². The number of halogens is 3. The van der Waals surface area contributed by atoms with Crippen LogP contribution in [0.4, 0.5) is 13.2 Å². The van der Waals surface area contributed by atoms with E-state index in [1.54, 1.807) is 13.1 Å². The van der Waals surface area contributed by atoms with E-state index >= 15 is 0 Å². The summed E-state index contributed by atoms with van der Waals surface area (Å²) in [6.07, 6.45) is -2.21.